The summed E-state index contributed by atoms with van der Waals surface area (Å²) in [4.78, 5) is 16.6. The molecule has 0 aliphatic carbocycles. The summed E-state index contributed by atoms with van der Waals surface area (Å²) < 4.78 is 4.88. The number of thioether (sulfide) groups is 1. The predicted octanol–water partition coefficient (Wildman–Crippen LogP) is 2.91. The molecule has 1 aromatic carbocycles. The minimum absolute atomic E-state index is 0. The molecule has 23 heavy (non-hydrogen) atoms. The van der Waals surface area contributed by atoms with Crippen LogP contribution in [0.4, 0.5) is 0 Å². The molecule has 1 aromatic rings. The number of carbonyl (C=O) groups excluding carboxylic acids is 1. The molecule has 0 heterocycles. The lowest BCUT2D eigenvalue weighted by molar-refractivity contribution is -0.143. The predicted molar refractivity (Wildman–Crippen MR) is 108 cm³/mol. The van der Waals surface area contributed by atoms with Crippen molar-refractivity contribution < 1.29 is 9.53 Å². The van der Waals surface area contributed by atoms with Gasteiger partial charge in [0.1, 0.15) is 0 Å². The second kappa shape index (κ2) is 14.6. The van der Waals surface area contributed by atoms with Crippen molar-refractivity contribution in [2.75, 3.05) is 32.5 Å². The van der Waals surface area contributed by atoms with Crippen LogP contribution in [0, 0.1) is 0 Å². The zero-order chi connectivity index (χ0) is 16.0. The molecule has 0 radical (unpaired) electrons. The van der Waals surface area contributed by atoms with Crippen LogP contribution in [-0.4, -0.2) is 44.4 Å². The molecule has 130 valence electrons. The lowest BCUT2D eigenvalue weighted by Gasteiger charge is -2.11. The van der Waals surface area contributed by atoms with Gasteiger partial charge in [0, 0.05) is 37.2 Å². The second-order valence-electron chi connectivity index (χ2n) is 4.50. The minimum atomic E-state index is -0.147. The van der Waals surface area contributed by atoms with Crippen LogP contribution < -0.4 is 10.6 Å². The van der Waals surface area contributed by atoms with Crippen LogP contribution in [0.2, 0.25) is 0 Å². The number of rotatable bonds is 9. The molecular weight excluding hydrogens is 425 g/mol. The largest absolute Gasteiger partial charge is 0.466 e. The number of hydrogen-bond donors (Lipinski definition) is 2. The lowest BCUT2D eigenvalue weighted by atomic mass is 10.3. The Morgan fingerprint density at radius 2 is 1.91 bits per heavy atom. The van der Waals surface area contributed by atoms with Gasteiger partial charge in [-0.2, -0.15) is 0 Å². The Kier molecular flexibility index (Phi) is 14.0. The van der Waals surface area contributed by atoms with Crippen LogP contribution in [0.3, 0.4) is 0 Å². The van der Waals surface area contributed by atoms with E-state index in [-0.39, 0.29) is 29.9 Å². The fourth-order valence-corrected chi connectivity index (χ4v) is 2.54. The van der Waals surface area contributed by atoms with Gasteiger partial charge in [0.2, 0.25) is 0 Å². The fourth-order valence-electron chi connectivity index (χ4n) is 1.75. The van der Waals surface area contributed by atoms with Crippen molar-refractivity contribution in [1.29, 1.82) is 0 Å². The summed E-state index contributed by atoms with van der Waals surface area (Å²) in [5.41, 5.74) is 0. The van der Waals surface area contributed by atoms with Gasteiger partial charge in [-0.15, -0.1) is 35.7 Å². The van der Waals surface area contributed by atoms with Gasteiger partial charge >= 0.3 is 5.97 Å². The third-order valence-corrected chi connectivity index (χ3v) is 3.80. The Labute approximate surface area is 160 Å². The van der Waals surface area contributed by atoms with Crippen molar-refractivity contribution in [1.82, 2.24) is 10.6 Å². The first-order chi connectivity index (χ1) is 10.8. The molecule has 5 nitrogen and oxygen atoms in total. The minimum Gasteiger partial charge on any atom is -0.466 e. The first kappa shape index (κ1) is 22.0. The van der Waals surface area contributed by atoms with E-state index < -0.39 is 0 Å². The van der Waals surface area contributed by atoms with Gasteiger partial charge < -0.3 is 15.4 Å². The standard InChI is InChI=1S/C16H25N3O2S.HI/c1-3-21-15(20)10-7-11-18-16(17-2)19-12-13-22-14-8-5-4-6-9-14;/h4-6,8-9H,3,7,10-13H2,1-2H3,(H2,17,18,19);1H. The molecule has 0 aromatic heterocycles. The number of benzene rings is 1. The second-order valence-corrected chi connectivity index (χ2v) is 5.66. The number of hydrogen-bond acceptors (Lipinski definition) is 4. The number of esters is 1. The van der Waals surface area contributed by atoms with E-state index in [0.29, 0.717) is 19.6 Å². The molecule has 0 unspecified atom stereocenters. The smallest absolute Gasteiger partial charge is 0.305 e. The molecule has 0 saturated heterocycles. The highest BCUT2D eigenvalue weighted by Crippen LogP contribution is 2.15. The summed E-state index contributed by atoms with van der Waals surface area (Å²) in [5.74, 6) is 1.58. The molecule has 0 aliphatic heterocycles. The maximum absolute atomic E-state index is 11.2. The van der Waals surface area contributed by atoms with Crippen molar-refractivity contribution >= 4 is 47.7 Å². The van der Waals surface area contributed by atoms with Crippen molar-refractivity contribution in [2.24, 2.45) is 4.99 Å². The van der Waals surface area contributed by atoms with E-state index in [1.165, 1.54) is 4.90 Å². The average molecular weight is 451 g/mol. The van der Waals surface area contributed by atoms with Crippen molar-refractivity contribution in [3.8, 4) is 0 Å². The number of nitrogens with zero attached hydrogens (tertiary/aromatic N) is 1. The molecule has 2 N–H and O–H groups in total. The van der Waals surface area contributed by atoms with E-state index in [2.05, 4.69) is 27.8 Å². The highest BCUT2D eigenvalue weighted by Gasteiger charge is 2.02. The van der Waals surface area contributed by atoms with E-state index >= 15 is 0 Å². The fraction of sp³-hybridized carbons (Fsp3) is 0.500. The molecule has 0 bridgehead atoms. The molecule has 0 fully saturated rings. The number of aliphatic imine (C=N–C) groups is 1. The molecule has 7 heteroatoms. The molecule has 0 saturated carbocycles. The number of carbonyl (C=O) groups is 1. The van der Waals surface area contributed by atoms with Gasteiger partial charge in [-0.05, 0) is 25.5 Å². The van der Waals surface area contributed by atoms with E-state index in [9.17, 15) is 4.79 Å². The van der Waals surface area contributed by atoms with Crippen LogP contribution in [0.25, 0.3) is 0 Å². The summed E-state index contributed by atoms with van der Waals surface area (Å²) in [6, 6.07) is 10.3. The van der Waals surface area contributed by atoms with Gasteiger partial charge in [0.15, 0.2) is 5.96 Å². The van der Waals surface area contributed by atoms with Crippen LogP contribution in [0.15, 0.2) is 40.2 Å². The number of halogens is 1. The van der Waals surface area contributed by atoms with Crippen molar-refractivity contribution in [2.45, 2.75) is 24.7 Å². The van der Waals surface area contributed by atoms with E-state index in [1.54, 1.807) is 18.8 Å². The molecule has 1 rings (SSSR count). The zero-order valence-electron chi connectivity index (χ0n) is 13.7. The SMILES string of the molecule is CCOC(=O)CCCNC(=NC)NCCSc1ccccc1.I. The quantitative estimate of drug-likeness (QED) is 0.151. The Balaban J connectivity index is 0.00000484. The molecule has 0 atom stereocenters. The third kappa shape index (κ3) is 11.2. The maximum atomic E-state index is 11.2. The average Bonchev–Trinajstić information content (AvgIpc) is 2.54. The summed E-state index contributed by atoms with van der Waals surface area (Å²) in [5, 5.41) is 6.44. The van der Waals surface area contributed by atoms with Crippen molar-refractivity contribution in [3.05, 3.63) is 30.3 Å². The van der Waals surface area contributed by atoms with Crippen LogP contribution in [0.1, 0.15) is 19.8 Å². The maximum Gasteiger partial charge on any atom is 0.305 e. The van der Waals surface area contributed by atoms with Crippen LogP contribution in [-0.2, 0) is 9.53 Å². The lowest BCUT2D eigenvalue weighted by Crippen LogP contribution is -2.38. The Hall–Kier alpha value is -0.960. The Bertz CT molecular complexity index is 458. The van der Waals surface area contributed by atoms with Gasteiger partial charge in [-0.25, -0.2) is 0 Å². The van der Waals surface area contributed by atoms with E-state index in [4.69, 9.17) is 4.74 Å². The topological polar surface area (TPSA) is 62.7 Å². The molecule has 0 spiro atoms. The first-order valence-corrected chi connectivity index (χ1v) is 8.52. The first-order valence-electron chi connectivity index (χ1n) is 7.54. The molecule has 0 aliphatic rings. The van der Waals surface area contributed by atoms with Crippen LogP contribution in [0.5, 0.6) is 0 Å². The Morgan fingerprint density at radius 1 is 1.22 bits per heavy atom. The highest BCUT2D eigenvalue weighted by atomic mass is 127. The van der Waals surface area contributed by atoms with E-state index in [1.807, 2.05) is 25.1 Å². The van der Waals surface area contributed by atoms with Gasteiger partial charge in [0.05, 0.1) is 6.61 Å². The number of guanidine groups is 1. The third-order valence-electron chi connectivity index (χ3n) is 2.79. The number of nitrogens with one attached hydrogen (secondary N) is 2. The monoisotopic (exact) mass is 451 g/mol. The Morgan fingerprint density at radius 3 is 2.57 bits per heavy atom. The van der Waals surface area contributed by atoms with E-state index in [0.717, 1.165) is 24.7 Å². The normalized spacial score (nSPS) is 10.6. The molecule has 0 amide bonds. The summed E-state index contributed by atoms with van der Waals surface area (Å²) in [6.45, 7) is 3.78. The highest BCUT2D eigenvalue weighted by molar-refractivity contribution is 14.0. The van der Waals surface area contributed by atoms with Crippen LogP contribution >= 0.6 is 35.7 Å². The zero-order valence-corrected chi connectivity index (χ0v) is 16.9. The van der Waals surface area contributed by atoms with Gasteiger partial charge in [-0.1, -0.05) is 18.2 Å². The van der Waals surface area contributed by atoms with Crippen molar-refractivity contribution in [3.63, 3.8) is 0 Å². The summed E-state index contributed by atoms with van der Waals surface area (Å²) in [6.07, 6.45) is 1.17. The molecular formula is C16H26IN3O2S. The van der Waals surface area contributed by atoms with Gasteiger partial charge in [0.25, 0.3) is 0 Å². The number of ether oxygens (including phenoxy) is 1. The summed E-state index contributed by atoms with van der Waals surface area (Å²) in [7, 11) is 1.74. The van der Waals surface area contributed by atoms with Gasteiger partial charge in [-0.3, -0.25) is 9.79 Å². The summed E-state index contributed by atoms with van der Waals surface area (Å²) >= 11 is 1.80.